The molecule has 0 saturated heterocycles. The number of nitrogens with zero attached hydrogens (tertiary/aromatic N) is 1. The van der Waals surface area contributed by atoms with E-state index in [0.29, 0.717) is 5.57 Å². The molecule has 0 radical (unpaired) electrons. The zero-order valence-corrected chi connectivity index (χ0v) is 13.6. The van der Waals surface area contributed by atoms with Gasteiger partial charge in [-0.25, -0.2) is 0 Å². The van der Waals surface area contributed by atoms with E-state index in [1.807, 2.05) is 54.6 Å². The third kappa shape index (κ3) is 1.98. The van der Waals surface area contributed by atoms with Crippen LogP contribution >= 0.6 is 31.9 Å². The normalized spacial score (nSPS) is 19.1. The maximum absolute atomic E-state index is 9.59. The lowest BCUT2D eigenvalue weighted by atomic mass is 10.0. The largest absolute Gasteiger partial charge is 0.192 e. The molecule has 1 aromatic rings. The minimum atomic E-state index is -0.583. The van der Waals surface area contributed by atoms with Crippen LogP contribution in [0.25, 0.3) is 5.57 Å². The molecule has 96 valence electrons. The van der Waals surface area contributed by atoms with E-state index in [-0.39, 0.29) is 0 Å². The molecule has 1 nitrogen and oxygen atoms in total. The molecule has 3 rings (SSSR count). The highest BCUT2D eigenvalue weighted by molar-refractivity contribution is 9.25. The van der Waals surface area contributed by atoms with Gasteiger partial charge in [-0.2, -0.15) is 5.26 Å². The van der Waals surface area contributed by atoms with Gasteiger partial charge in [0, 0.05) is 16.7 Å². The molecule has 0 unspecified atom stereocenters. The van der Waals surface area contributed by atoms with Crippen LogP contribution in [-0.2, 0) is 0 Å². The molecule has 2 aliphatic carbocycles. The predicted octanol–water partition coefficient (Wildman–Crippen LogP) is 5.04. The van der Waals surface area contributed by atoms with Gasteiger partial charge in [-0.3, -0.25) is 0 Å². The Morgan fingerprint density at radius 1 is 1.10 bits per heavy atom. The monoisotopic (exact) mass is 385 g/mol. The maximum Gasteiger partial charge on any atom is 0.140 e. The molecule has 0 saturated carbocycles. The highest BCUT2D eigenvalue weighted by Gasteiger charge is 2.44. The number of alkyl halides is 2. The zero-order chi connectivity index (χ0) is 14.2. The third-order valence-corrected chi connectivity index (χ3v) is 4.87. The highest BCUT2D eigenvalue weighted by Crippen LogP contribution is 2.57. The van der Waals surface area contributed by atoms with Crippen molar-refractivity contribution in [3.63, 3.8) is 0 Å². The van der Waals surface area contributed by atoms with Crippen molar-refractivity contribution in [2.24, 2.45) is 0 Å². The molecular formula is C17H9Br2N. The van der Waals surface area contributed by atoms with E-state index in [1.165, 1.54) is 0 Å². The summed E-state index contributed by atoms with van der Waals surface area (Å²) in [5.74, 6) is 0. The van der Waals surface area contributed by atoms with Crippen molar-refractivity contribution < 1.29 is 0 Å². The first-order valence-electron chi connectivity index (χ1n) is 6.09. The summed E-state index contributed by atoms with van der Waals surface area (Å²) in [6.45, 7) is 0. The van der Waals surface area contributed by atoms with Crippen LogP contribution in [0.1, 0.15) is 5.56 Å². The summed E-state index contributed by atoms with van der Waals surface area (Å²) in [5.41, 5.74) is 7.70. The Morgan fingerprint density at radius 3 is 2.55 bits per heavy atom. The molecule has 0 heterocycles. The maximum atomic E-state index is 9.59. The SMILES string of the molecule is N#CC1=C(c2ccccc2)C(Br)(Br)C2=C=CC=CC=C21. The van der Waals surface area contributed by atoms with Gasteiger partial charge in [0.1, 0.15) is 9.30 Å². The first-order chi connectivity index (χ1) is 9.66. The van der Waals surface area contributed by atoms with E-state index in [4.69, 9.17) is 0 Å². The minimum Gasteiger partial charge on any atom is -0.192 e. The fourth-order valence-corrected chi connectivity index (χ4v) is 3.94. The van der Waals surface area contributed by atoms with Crippen molar-refractivity contribution in [1.82, 2.24) is 0 Å². The molecule has 2 aliphatic rings. The Kier molecular flexibility index (Phi) is 3.40. The van der Waals surface area contributed by atoms with Crippen LogP contribution in [-0.4, -0.2) is 3.23 Å². The number of allylic oxidation sites excluding steroid dienone is 7. The second-order valence-corrected chi connectivity index (χ2v) is 7.90. The van der Waals surface area contributed by atoms with E-state index in [2.05, 4.69) is 43.7 Å². The van der Waals surface area contributed by atoms with Gasteiger partial charge in [0.25, 0.3) is 0 Å². The third-order valence-electron chi connectivity index (χ3n) is 3.29. The van der Waals surface area contributed by atoms with Crippen molar-refractivity contribution in [3.05, 3.63) is 82.6 Å². The van der Waals surface area contributed by atoms with E-state index >= 15 is 0 Å². The van der Waals surface area contributed by atoms with Crippen molar-refractivity contribution in [3.8, 4) is 6.07 Å². The number of rotatable bonds is 1. The molecule has 1 aromatic carbocycles. The Labute approximate surface area is 134 Å². The van der Waals surface area contributed by atoms with Gasteiger partial charge in [-0.05, 0) is 11.6 Å². The molecule has 3 heteroatoms. The van der Waals surface area contributed by atoms with E-state index < -0.39 is 3.23 Å². The average molecular weight is 387 g/mol. The summed E-state index contributed by atoms with van der Waals surface area (Å²) < 4.78 is -0.583. The van der Waals surface area contributed by atoms with Crippen molar-refractivity contribution in [2.45, 2.75) is 3.23 Å². The number of halogens is 2. The lowest BCUT2D eigenvalue weighted by Gasteiger charge is -2.19. The van der Waals surface area contributed by atoms with Crippen molar-refractivity contribution in [1.29, 1.82) is 5.26 Å². The zero-order valence-electron chi connectivity index (χ0n) is 10.4. The van der Waals surface area contributed by atoms with Crippen LogP contribution in [0.3, 0.4) is 0 Å². The molecule has 0 fully saturated rings. The summed E-state index contributed by atoms with van der Waals surface area (Å²) in [5, 5.41) is 9.59. The van der Waals surface area contributed by atoms with Crippen LogP contribution in [0.5, 0.6) is 0 Å². The van der Waals surface area contributed by atoms with Gasteiger partial charge in [-0.15, -0.1) is 5.73 Å². The number of benzene rings is 1. The fourth-order valence-electron chi connectivity index (χ4n) is 2.43. The first-order valence-corrected chi connectivity index (χ1v) is 7.68. The summed E-state index contributed by atoms with van der Waals surface area (Å²) in [7, 11) is 0. The van der Waals surface area contributed by atoms with Gasteiger partial charge >= 0.3 is 0 Å². The van der Waals surface area contributed by atoms with Crippen LogP contribution in [0.2, 0.25) is 0 Å². The lowest BCUT2D eigenvalue weighted by Crippen LogP contribution is -2.12. The summed E-state index contributed by atoms with van der Waals surface area (Å²) >= 11 is 7.45. The summed E-state index contributed by atoms with van der Waals surface area (Å²) in [6, 6.07) is 12.3. The molecule has 0 bridgehead atoms. The standard InChI is InChI=1S/C17H9Br2N/c18-17(19)15-10-6-2-5-9-13(15)14(11-20)16(17)12-7-3-1-4-8-12/h1-9H. The molecule has 0 spiro atoms. The predicted molar refractivity (Wildman–Crippen MR) is 88.4 cm³/mol. The van der Waals surface area contributed by atoms with Crippen LogP contribution in [0.4, 0.5) is 0 Å². The average Bonchev–Trinajstić information content (AvgIpc) is 2.64. The molecule has 20 heavy (non-hydrogen) atoms. The van der Waals surface area contributed by atoms with Gasteiger partial charge in [0.15, 0.2) is 0 Å². The molecule has 0 aromatic heterocycles. The summed E-state index contributed by atoms with van der Waals surface area (Å²) in [4.78, 5) is 0. The van der Waals surface area contributed by atoms with Gasteiger partial charge in [-0.1, -0.05) is 80.4 Å². The summed E-state index contributed by atoms with van der Waals surface area (Å²) in [6.07, 6.45) is 7.65. The number of nitriles is 1. The Bertz CT molecular complexity index is 765. The Balaban J connectivity index is 2.34. The Hall–Kier alpha value is -1.59. The van der Waals surface area contributed by atoms with Crippen LogP contribution < -0.4 is 0 Å². The van der Waals surface area contributed by atoms with E-state index in [1.54, 1.807) is 0 Å². The molecule has 0 N–H and O–H groups in total. The second-order valence-electron chi connectivity index (χ2n) is 4.45. The topological polar surface area (TPSA) is 23.8 Å². The number of hydrogen-bond acceptors (Lipinski definition) is 1. The van der Waals surface area contributed by atoms with Crippen LogP contribution in [0, 0.1) is 11.3 Å². The minimum absolute atomic E-state index is 0.583. The second kappa shape index (κ2) is 5.07. The van der Waals surface area contributed by atoms with Crippen molar-refractivity contribution in [2.75, 3.05) is 0 Å². The van der Waals surface area contributed by atoms with Crippen molar-refractivity contribution >= 4 is 37.4 Å². The van der Waals surface area contributed by atoms with Crippen LogP contribution in [0.15, 0.2) is 77.1 Å². The van der Waals surface area contributed by atoms with Gasteiger partial charge in [0.2, 0.25) is 0 Å². The van der Waals surface area contributed by atoms with E-state index in [0.717, 1.165) is 22.3 Å². The molecule has 0 amide bonds. The molecule has 0 aliphatic heterocycles. The fraction of sp³-hybridized carbons (Fsp3) is 0.0588. The Morgan fingerprint density at radius 2 is 1.85 bits per heavy atom. The first kappa shape index (κ1) is 13.4. The number of fused-ring (bicyclic) bond motifs is 1. The lowest BCUT2D eigenvalue weighted by molar-refractivity contribution is 1.32. The molecule has 0 atom stereocenters. The smallest absolute Gasteiger partial charge is 0.140 e. The highest BCUT2D eigenvalue weighted by atomic mass is 79.9. The molecular weight excluding hydrogens is 378 g/mol. The van der Waals surface area contributed by atoms with Gasteiger partial charge in [0.05, 0.1) is 5.57 Å². The number of hydrogen-bond donors (Lipinski definition) is 0. The van der Waals surface area contributed by atoms with E-state index in [9.17, 15) is 5.26 Å². The quantitative estimate of drug-likeness (QED) is 0.489. The van der Waals surface area contributed by atoms with Gasteiger partial charge < -0.3 is 0 Å².